The van der Waals surface area contributed by atoms with Gasteiger partial charge >= 0.3 is 0 Å². The van der Waals surface area contributed by atoms with E-state index in [-0.39, 0.29) is 6.71 Å². The Bertz CT molecular complexity index is 2510. The summed E-state index contributed by atoms with van der Waals surface area (Å²) in [6.45, 7) is 24.8. The number of hydrogen-bond acceptors (Lipinski definition) is 2. The van der Waals surface area contributed by atoms with Gasteiger partial charge in [0, 0.05) is 34.1 Å². The lowest BCUT2D eigenvalue weighted by Gasteiger charge is -2.45. The van der Waals surface area contributed by atoms with E-state index in [1.54, 1.807) is 0 Å². The van der Waals surface area contributed by atoms with Crippen molar-refractivity contribution < 1.29 is 0 Å². The number of benzene rings is 6. The number of nitrogens with zero attached hydrogens (tertiary/aromatic N) is 2. The predicted octanol–water partition coefficient (Wildman–Crippen LogP) is 14.3. The van der Waals surface area contributed by atoms with Crippen LogP contribution in [-0.4, -0.2) is 6.71 Å². The SMILES string of the molecule is C=CC1=C2B(c3ccc(-c4ccc(C(C)C)cc4)cc3N1c1ccc(C(C)C)cc1)c1ccc(-c3ccc(C(C)C)cc3)cc1N(c1ccc(C(C)C)cc1)/C2=C/C. The van der Waals surface area contributed by atoms with Crippen LogP contribution in [0.4, 0.5) is 22.7 Å². The first-order valence-electron chi connectivity index (χ1n) is 21.3. The van der Waals surface area contributed by atoms with Crippen molar-refractivity contribution in [1.82, 2.24) is 0 Å². The molecule has 3 heteroatoms. The van der Waals surface area contributed by atoms with Crippen LogP contribution in [0.2, 0.25) is 0 Å². The maximum Gasteiger partial charge on any atom is 0.252 e. The largest absolute Gasteiger partial charge is 0.312 e. The molecule has 0 N–H and O–H groups in total. The van der Waals surface area contributed by atoms with Crippen molar-refractivity contribution in [3.63, 3.8) is 0 Å². The summed E-state index contributed by atoms with van der Waals surface area (Å²) in [5.74, 6) is 1.87. The summed E-state index contributed by atoms with van der Waals surface area (Å²) in [6, 6.07) is 50.9. The van der Waals surface area contributed by atoms with Crippen molar-refractivity contribution in [2.24, 2.45) is 0 Å². The summed E-state index contributed by atoms with van der Waals surface area (Å²) < 4.78 is 0. The highest BCUT2D eigenvalue weighted by Gasteiger charge is 2.44. The van der Waals surface area contributed by atoms with Crippen LogP contribution in [0.1, 0.15) is 108 Å². The van der Waals surface area contributed by atoms with Gasteiger partial charge in [-0.15, -0.1) is 0 Å². The zero-order valence-corrected chi connectivity index (χ0v) is 35.8. The second-order valence-electron chi connectivity index (χ2n) is 17.4. The summed E-state index contributed by atoms with van der Waals surface area (Å²) >= 11 is 0. The summed E-state index contributed by atoms with van der Waals surface area (Å²) in [5.41, 5.74) is 21.1. The molecule has 2 aliphatic rings. The van der Waals surface area contributed by atoms with Crippen LogP contribution in [0.25, 0.3) is 22.3 Å². The predicted molar refractivity (Wildman–Crippen MR) is 253 cm³/mol. The molecule has 0 saturated carbocycles. The van der Waals surface area contributed by atoms with Crippen LogP contribution in [0.15, 0.2) is 169 Å². The maximum absolute atomic E-state index is 4.56. The smallest absolute Gasteiger partial charge is 0.252 e. The van der Waals surface area contributed by atoms with Gasteiger partial charge in [-0.2, -0.15) is 0 Å². The van der Waals surface area contributed by atoms with Crippen molar-refractivity contribution in [3.8, 4) is 22.3 Å². The van der Waals surface area contributed by atoms with Crippen molar-refractivity contribution in [3.05, 3.63) is 191 Å². The van der Waals surface area contributed by atoms with Gasteiger partial charge in [0.1, 0.15) is 0 Å². The van der Waals surface area contributed by atoms with Crippen molar-refractivity contribution in [2.75, 3.05) is 9.80 Å². The van der Waals surface area contributed by atoms with E-state index >= 15 is 0 Å². The quantitative estimate of drug-likeness (QED) is 0.136. The summed E-state index contributed by atoms with van der Waals surface area (Å²) in [7, 11) is 0. The number of hydrogen-bond donors (Lipinski definition) is 0. The van der Waals surface area contributed by atoms with E-state index in [2.05, 4.69) is 224 Å². The van der Waals surface area contributed by atoms with Crippen LogP contribution in [0.5, 0.6) is 0 Å². The fraction of sp³-hybridized carbons (Fsp3) is 0.236. The highest BCUT2D eigenvalue weighted by atomic mass is 15.2. The third kappa shape index (κ3) is 6.95. The zero-order valence-electron chi connectivity index (χ0n) is 35.8. The fourth-order valence-corrected chi connectivity index (χ4v) is 8.91. The Hall–Kier alpha value is -5.80. The third-order valence-electron chi connectivity index (χ3n) is 12.4. The molecule has 2 nitrogen and oxygen atoms in total. The highest BCUT2D eigenvalue weighted by Crippen LogP contribution is 2.46. The van der Waals surface area contributed by atoms with E-state index < -0.39 is 0 Å². The lowest BCUT2D eigenvalue weighted by molar-refractivity contribution is 0.866. The van der Waals surface area contributed by atoms with Crippen LogP contribution in [0.3, 0.4) is 0 Å². The molecular weight excluding hydrogens is 699 g/mol. The second-order valence-corrected chi connectivity index (χ2v) is 17.4. The first kappa shape index (κ1) is 39.0. The van der Waals surface area contributed by atoms with E-state index in [1.165, 1.54) is 78.0 Å². The van der Waals surface area contributed by atoms with Crippen molar-refractivity contribution in [2.45, 2.75) is 86.0 Å². The van der Waals surface area contributed by atoms with Gasteiger partial charge in [0.15, 0.2) is 0 Å². The Labute approximate surface area is 348 Å². The molecule has 0 radical (unpaired) electrons. The molecule has 0 amide bonds. The molecule has 8 rings (SSSR count). The molecule has 58 heavy (non-hydrogen) atoms. The Morgan fingerprint density at radius 1 is 0.448 bits per heavy atom. The Balaban J connectivity index is 1.39. The number of rotatable bonds is 9. The summed E-state index contributed by atoms with van der Waals surface area (Å²) in [6.07, 6.45) is 4.40. The van der Waals surface area contributed by atoms with Crippen LogP contribution < -0.4 is 20.7 Å². The lowest BCUT2D eigenvalue weighted by atomic mass is 9.32. The molecular formula is C55H57BN2. The van der Waals surface area contributed by atoms with Gasteiger partial charge in [-0.1, -0.05) is 165 Å². The fourth-order valence-electron chi connectivity index (χ4n) is 8.91. The molecule has 0 saturated heterocycles. The Morgan fingerprint density at radius 2 is 0.793 bits per heavy atom. The molecule has 0 aromatic heterocycles. The number of fused-ring (bicyclic) bond motifs is 5. The van der Waals surface area contributed by atoms with Crippen LogP contribution in [-0.2, 0) is 0 Å². The zero-order chi connectivity index (χ0) is 40.8. The molecule has 290 valence electrons. The van der Waals surface area contributed by atoms with Crippen LogP contribution >= 0.6 is 0 Å². The standard InChI is InChI=1S/C55H57BN2/c1-11-51-55-52(12-2)58(48-29-23-42(24-30-48)38(9)10)54-34-46(44-19-15-40(16-20-44)36(5)6)26-32-50(54)56(55)49-31-25-45(43-17-13-39(14-18-43)35(3)4)33-53(49)57(51)47-27-21-41(22-28-47)37(7)8/h11-38H,1H2,2-10H3/b52-12+. The van der Waals surface area contributed by atoms with Gasteiger partial charge in [0.2, 0.25) is 0 Å². The number of anilines is 4. The van der Waals surface area contributed by atoms with Gasteiger partial charge in [0.05, 0.1) is 0 Å². The minimum atomic E-state index is -0.00342. The maximum atomic E-state index is 4.56. The van der Waals surface area contributed by atoms with E-state index in [4.69, 9.17) is 0 Å². The Morgan fingerprint density at radius 3 is 1.16 bits per heavy atom. The average molecular weight is 757 g/mol. The summed E-state index contributed by atoms with van der Waals surface area (Å²) in [5, 5.41) is 0. The van der Waals surface area contributed by atoms with Gasteiger partial charge in [-0.3, -0.25) is 0 Å². The average Bonchev–Trinajstić information content (AvgIpc) is 3.24. The molecule has 0 spiro atoms. The molecule has 2 aliphatic heterocycles. The van der Waals surface area contributed by atoms with E-state index in [0.717, 1.165) is 17.1 Å². The van der Waals surface area contributed by atoms with Gasteiger partial charge in [0.25, 0.3) is 6.71 Å². The van der Waals surface area contributed by atoms with E-state index in [9.17, 15) is 0 Å². The van der Waals surface area contributed by atoms with E-state index in [0.29, 0.717) is 23.7 Å². The number of allylic oxidation sites excluding steroid dienone is 3. The summed E-state index contributed by atoms with van der Waals surface area (Å²) in [4.78, 5) is 4.96. The molecule has 0 aliphatic carbocycles. The van der Waals surface area contributed by atoms with Gasteiger partial charge in [-0.25, -0.2) is 0 Å². The first-order chi connectivity index (χ1) is 28.0. The topological polar surface area (TPSA) is 6.48 Å². The second kappa shape index (κ2) is 15.9. The molecule has 2 heterocycles. The molecule has 0 atom stereocenters. The van der Waals surface area contributed by atoms with Crippen molar-refractivity contribution >= 4 is 40.4 Å². The normalized spacial score (nSPS) is 14.5. The highest BCUT2D eigenvalue weighted by molar-refractivity contribution is 6.94. The third-order valence-corrected chi connectivity index (χ3v) is 12.4. The molecule has 0 fully saturated rings. The first-order valence-corrected chi connectivity index (χ1v) is 21.3. The lowest BCUT2D eigenvalue weighted by Crippen LogP contribution is -2.56. The van der Waals surface area contributed by atoms with Gasteiger partial charge < -0.3 is 9.80 Å². The van der Waals surface area contributed by atoms with Crippen molar-refractivity contribution in [1.29, 1.82) is 0 Å². The van der Waals surface area contributed by atoms with E-state index in [1.807, 2.05) is 0 Å². The molecule has 0 bridgehead atoms. The Kier molecular flexibility index (Phi) is 10.7. The van der Waals surface area contributed by atoms with Gasteiger partial charge in [-0.05, 0) is 134 Å². The molecule has 6 aromatic rings. The monoisotopic (exact) mass is 756 g/mol. The minimum Gasteiger partial charge on any atom is -0.312 e. The molecule has 6 aromatic carbocycles. The molecule has 0 unspecified atom stereocenters. The minimum absolute atomic E-state index is 0.00342. The van der Waals surface area contributed by atoms with Crippen LogP contribution in [0, 0.1) is 0 Å².